The quantitative estimate of drug-likeness (QED) is 0.563. The minimum atomic E-state index is -0.922. The van der Waals surface area contributed by atoms with Gasteiger partial charge in [0.1, 0.15) is 0 Å². The third-order valence-corrected chi connectivity index (χ3v) is 8.86. The smallest absolute Gasteiger partial charge is 0.312 e. The van der Waals surface area contributed by atoms with Crippen LogP contribution in [0.1, 0.15) is 51.9 Å². The number of carbonyl (C=O) groups is 2. The second-order valence-electron chi connectivity index (χ2n) is 9.69. The van der Waals surface area contributed by atoms with Gasteiger partial charge in [-0.05, 0) is 68.3 Å². The summed E-state index contributed by atoms with van der Waals surface area (Å²) in [7, 11) is 0. The van der Waals surface area contributed by atoms with Gasteiger partial charge in [-0.25, -0.2) is 0 Å². The number of hydrogen-bond donors (Lipinski definition) is 2. The maximum Gasteiger partial charge on any atom is 0.312 e. The van der Waals surface area contributed by atoms with Gasteiger partial charge < -0.3 is 14.9 Å². The van der Waals surface area contributed by atoms with Gasteiger partial charge in [0.15, 0.2) is 0 Å². The Morgan fingerprint density at radius 1 is 1.28 bits per heavy atom. The molecule has 0 aromatic heterocycles. The number of rotatable bonds is 1. The molecule has 1 saturated heterocycles. The van der Waals surface area contributed by atoms with Crippen molar-refractivity contribution in [1.82, 2.24) is 0 Å². The van der Waals surface area contributed by atoms with Gasteiger partial charge in [-0.15, -0.1) is 0 Å². The number of carbonyl (C=O) groups excluding carboxylic acids is 1. The lowest BCUT2D eigenvalue weighted by Crippen LogP contribution is -2.58. The second-order valence-corrected chi connectivity index (χ2v) is 9.69. The lowest BCUT2D eigenvalue weighted by Gasteiger charge is -2.55. The molecule has 1 heterocycles. The third-order valence-electron chi connectivity index (χ3n) is 8.86. The van der Waals surface area contributed by atoms with Crippen LogP contribution in [0.25, 0.3) is 0 Å². The Morgan fingerprint density at radius 3 is 2.76 bits per heavy atom. The number of aliphatic hydroxyl groups is 1. The summed E-state index contributed by atoms with van der Waals surface area (Å²) in [6, 6.07) is 0. The summed E-state index contributed by atoms with van der Waals surface area (Å²) in [6.07, 6.45) is 5.12. The van der Waals surface area contributed by atoms with Crippen LogP contribution in [-0.4, -0.2) is 34.4 Å². The summed E-state index contributed by atoms with van der Waals surface area (Å²) in [4.78, 5) is 25.2. The van der Waals surface area contributed by atoms with Gasteiger partial charge in [-0.1, -0.05) is 13.0 Å². The van der Waals surface area contributed by atoms with E-state index in [1.165, 1.54) is 0 Å². The molecule has 4 bridgehead atoms. The van der Waals surface area contributed by atoms with Crippen molar-refractivity contribution in [2.45, 2.75) is 57.5 Å². The average molecular weight is 346 g/mol. The summed E-state index contributed by atoms with van der Waals surface area (Å²) in [5, 5.41) is 21.3. The molecule has 0 radical (unpaired) electrons. The number of fused-ring (bicyclic) bond motifs is 1. The van der Waals surface area contributed by atoms with Crippen LogP contribution in [0.4, 0.5) is 0 Å². The first-order valence-corrected chi connectivity index (χ1v) is 9.50. The molecule has 1 aliphatic heterocycles. The van der Waals surface area contributed by atoms with E-state index in [2.05, 4.69) is 6.58 Å². The Bertz CT molecular complexity index is 715. The monoisotopic (exact) mass is 346 g/mol. The molecule has 136 valence electrons. The highest BCUT2D eigenvalue weighted by Gasteiger charge is 2.79. The molecule has 0 amide bonds. The molecule has 0 aromatic carbocycles. The zero-order valence-electron chi connectivity index (χ0n) is 14.7. The van der Waals surface area contributed by atoms with E-state index < -0.39 is 28.3 Å². The Kier molecular flexibility index (Phi) is 2.73. The fourth-order valence-corrected chi connectivity index (χ4v) is 8.17. The van der Waals surface area contributed by atoms with Gasteiger partial charge >= 0.3 is 11.9 Å². The molecule has 4 aliphatic carbocycles. The van der Waals surface area contributed by atoms with Crippen molar-refractivity contribution < 1.29 is 24.5 Å². The lowest BCUT2D eigenvalue weighted by molar-refractivity contribution is -0.200. The van der Waals surface area contributed by atoms with Gasteiger partial charge in [-0.2, -0.15) is 0 Å². The van der Waals surface area contributed by atoms with E-state index in [9.17, 15) is 19.8 Å². The molecule has 5 nitrogen and oxygen atoms in total. The van der Waals surface area contributed by atoms with Gasteiger partial charge in [0, 0.05) is 5.41 Å². The Hall–Kier alpha value is -1.36. The van der Waals surface area contributed by atoms with E-state index in [1.807, 2.05) is 6.92 Å². The van der Waals surface area contributed by atoms with Gasteiger partial charge in [0.25, 0.3) is 0 Å². The van der Waals surface area contributed by atoms with Crippen LogP contribution in [-0.2, 0) is 14.3 Å². The highest BCUT2D eigenvalue weighted by atomic mass is 16.5. The maximum atomic E-state index is 12.7. The number of carboxylic acid groups (broad SMARTS) is 1. The van der Waals surface area contributed by atoms with Gasteiger partial charge in [0.05, 0.1) is 23.5 Å². The van der Waals surface area contributed by atoms with E-state index in [-0.39, 0.29) is 23.2 Å². The van der Waals surface area contributed by atoms with Crippen LogP contribution in [0.15, 0.2) is 12.2 Å². The summed E-state index contributed by atoms with van der Waals surface area (Å²) < 4.78 is 5.67. The summed E-state index contributed by atoms with van der Waals surface area (Å²) in [5.41, 5.74) is -1.55. The maximum absolute atomic E-state index is 12.7. The largest absolute Gasteiger partial charge is 0.481 e. The molecule has 25 heavy (non-hydrogen) atoms. The van der Waals surface area contributed by atoms with Crippen LogP contribution < -0.4 is 0 Å². The predicted octanol–water partition coefficient (Wildman–Crippen LogP) is 2.53. The normalized spacial score (nSPS) is 56.2. The lowest BCUT2D eigenvalue weighted by atomic mass is 9.51. The molecular formula is C20H26O5. The van der Waals surface area contributed by atoms with E-state index in [1.54, 1.807) is 0 Å². The molecule has 2 N–H and O–H groups in total. The van der Waals surface area contributed by atoms with Crippen molar-refractivity contribution in [3.8, 4) is 0 Å². The Morgan fingerprint density at radius 2 is 2.04 bits per heavy atom. The number of hydrogen-bond acceptors (Lipinski definition) is 4. The molecule has 5 heteroatoms. The standard InChI is InChI=1S/C20H26O5/c1-11-8-19-9-20(11,24)7-4-12(19)18-6-3-5-17(2,16(23)25-10-18)14(18)13(19)15(21)22/h12-14,24H,1,3-10H2,2H3,(H,21,22). The van der Waals surface area contributed by atoms with Crippen molar-refractivity contribution in [2.24, 2.45) is 34.0 Å². The van der Waals surface area contributed by atoms with Crippen molar-refractivity contribution in [1.29, 1.82) is 0 Å². The molecule has 7 atom stereocenters. The molecule has 1 spiro atoms. The van der Waals surface area contributed by atoms with Crippen molar-refractivity contribution in [3.63, 3.8) is 0 Å². The number of cyclic esters (lactones) is 1. The van der Waals surface area contributed by atoms with Crippen molar-refractivity contribution in [3.05, 3.63) is 12.2 Å². The fraction of sp³-hybridized carbons (Fsp3) is 0.800. The molecule has 5 aliphatic rings. The van der Waals surface area contributed by atoms with E-state index in [0.29, 0.717) is 32.3 Å². The second kappa shape index (κ2) is 4.30. The highest BCUT2D eigenvalue weighted by Crippen LogP contribution is 2.79. The zero-order chi connectivity index (χ0) is 17.8. The first-order chi connectivity index (χ1) is 11.7. The van der Waals surface area contributed by atoms with Crippen LogP contribution in [0.2, 0.25) is 0 Å². The SMILES string of the molecule is C=C1CC23CC1(O)CCC2C12CCCC(C)(C(=O)OC1)C2C3C(=O)O. The van der Waals surface area contributed by atoms with E-state index in [4.69, 9.17) is 4.74 Å². The van der Waals surface area contributed by atoms with Gasteiger partial charge in [0.2, 0.25) is 0 Å². The Balaban J connectivity index is 1.76. The minimum Gasteiger partial charge on any atom is -0.481 e. The molecule has 0 aromatic rings. The first kappa shape index (κ1) is 15.9. The topological polar surface area (TPSA) is 83.8 Å². The van der Waals surface area contributed by atoms with Crippen LogP contribution in [0, 0.1) is 34.0 Å². The van der Waals surface area contributed by atoms with Crippen LogP contribution in [0.3, 0.4) is 0 Å². The molecule has 7 unspecified atom stereocenters. The predicted molar refractivity (Wildman–Crippen MR) is 88.4 cm³/mol. The molecule has 5 rings (SSSR count). The van der Waals surface area contributed by atoms with Crippen LogP contribution >= 0.6 is 0 Å². The molecular weight excluding hydrogens is 320 g/mol. The highest BCUT2D eigenvalue weighted by molar-refractivity contribution is 5.82. The number of ether oxygens (including phenoxy) is 1. The first-order valence-electron chi connectivity index (χ1n) is 9.50. The molecule has 5 fully saturated rings. The number of carboxylic acids is 1. The minimum absolute atomic E-state index is 0.189. The van der Waals surface area contributed by atoms with E-state index >= 15 is 0 Å². The van der Waals surface area contributed by atoms with Crippen molar-refractivity contribution in [2.75, 3.05) is 6.61 Å². The Labute approximate surface area is 147 Å². The fourth-order valence-electron chi connectivity index (χ4n) is 8.17. The zero-order valence-corrected chi connectivity index (χ0v) is 14.7. The summed E-state index contributed by atoms with van der Waals surface area (Å²) in [5.74, 6) is -1.62. The average Bonchev–Trinajstić information content (AvgIpc) is 2.90. The summed E-state index contributed by atoms with van der Waals surface area (Å²) >= 11 is 0. The third kappa shape index (κ3) is 1.52. The number of esters is 1. The van der Waals surface area contributed by atoms with Gasteiger partial charge in [-0.3, -0.25) is 9.59 Å². The van der Waals surface area contributed by atoms with Crippen LogP contribution in [0.5, 0.6) is 0 Å². The van der Waals surface area contributed by atoms with Crippen molar-refractivity contribution >= 4 is 11.9 Å². The summed E-state index contributed by atoms with van der Waals surface area (Å²) in [6.45, 7) is 6.39. The van der Waals surface area contributed by atoms with E-state index in [0.717, 1.165) is 24.8 Å². The number of aliphatic carboxylic acids is 1. The molecule has 4 saturated carbocycles.